The molecule has 10 nitrogen and oxygen atoms in total. The maximum atomic E-state index is 15.3. The topological polar surface area (TPSA) is 94.6 Å². The average Bonchev–Trinajstić information content (AvgIpc) is 3.42. The van der Waals surface area contributed by atoms with Gasteiger partial charge in [0.2, 0.25) is 18.3 Å². The monoisotopic (exact) mass is 534 g/mol. The molecule has 38 heavy (non-hydrogen) atoms. The molecule has 5 heterocycles. The summed E-state index contributed by atoms with van der Waals surface area (Å²) in [5.74, 6) is -0.362. The van der Waals surface area contributed by atoms with Crippen LogP contribution in [0.4, 0.5) is 23.5 Å². The van der Waals surface area contributed by atoms with E-state index in [1.54, 1.807) is 18.2 Å². The summed E-state index contributed by atoms with van der Waals surface area (Å²) in [7, 11) is 1.41. The van der Waals surface area contributed by atoms with Crippen molar-refractivity contribution in [3.63, 3.8) is 0 Å². The van der Waals surface area contributed by atoms with Crippen LogP contribution in [0.25, 0.3) is 27.7 Å². The highest BCUT2D eigenvalue weighted by Gasteiger charge is 2.36. The van der Waals surface area contributed by atoms with Gasteiger partial charge in [-0.2, -0.15) is 4.98 Å². The third kappa shape index (κ3) is 4.51. The molecule has 2 saturated heterocycles. The highest BCUT2D eigenvalue weighted by atomic mass is 19.3. The lowest BCUT2D eigenvalue weighted by atomic mass is 10.0. The smallest absolute Gasteiger partial charge is 0.244 e. The first-order valence-corrected chi connectivity index (χ1v) is 12.4. The van der Waals surface area contributed by atoms with Crippen LogP contribution in [0.15, 0.2) is 24.4 Å². The van der Waals surface area contributed by atoms with Gasteiger partial charge in [0.1, 0.15) is 17.2 Å². The van der Waals surface area contributed by atoms with E-state index in [2.05, 4.69) is 30.6 Å². The molecule has 14 heteroatoms. The summed E-state index contributed by atoms with van der Waals surface area (Å²) in [4.78, 5) is 6.50. The Bertz CT molecular complexity index is 1460. The summed E-state index contributed by atoms with van der Waals surface area (Å²) in [5, 5.41) is 15.4. The number of fused-ring (bicyclic) bond motifs is 2. The van der Waals surface area contributed by atoms with Gasteiger partial charge in [-0.15, -0.1) is 10.2 Å². The molecule has 0 aliphatic carbocycles. The average molecular weight is 535 g/mol. The Morgan fingerprint density at radius 3 is 2.82 bits per heavy atom. The normalized spacial score (nSPS) is 20.9. The lowest BCUT2D eigenvalue weighted by molar-refractivity contribution is -0.0794. The molecule has 6 rings (SSSR count). The summed E-state index contributed by atoms with van der Waals surface area (Å²) in [6, 6.07) is 4.71. The highest BCUT2D eigenvalue weighted by molar-refractivity contribution is 5.89. The molecule has 1 aromatic carbocycles. The Kier molecular flexibility index (Phi) is 6.51. The van der Waals surface area contributed by atoms with Crippen molar-refractivity contribution in [2.75, 3.05) is 38.7 Å². The van der Waals surface area contributed by atoms with Crippen molar-refractivity contribution in [1.82, 2.24) is 34.5 Å². The summed E-state index contributed by atoms with van der Waals surface area (Å²) < 4.78 is 69.1. The second kappa shape index (κ2) is 9.98. The number of aromatic nitrogens is 6. The van der Waals surface area contributed by atoms with Gasteiger partial charge in [-0.25, -0.2) is 26.8 Å². The number of aryl methyl sites for hydroxylation is 1. The van der Waals surface area contributed by atoms with E-state index in [-0.39, 0.29) is 41.9 Å². The van der Waals surface area contributed by atoms with Crippen molar-refractivity contribution in [3.8, 4) is 17.0 Å². The van der Waals surface area contributed by atoms with Crippen molar-refractivity contribution in [2.24, 2.45) is 0 Å². The van der Waals surface area contributed by atoms with Gasteiger partial charge in [-0.05, 0) is 24.1 Å². The third-order valence-corrected chi connectivity index (χ3v) is 7.13. The highest BCUT2D eigenvalue weighted by Crippen LogP contribution is 2.35. The van der Waals surface area contributed by atoms with Crippen LogP contribution in [0, 0.1) is 5.82 Å². The molecule has 0 spiro atoms. The molecule has 2 atom stereocenters. The van der Waals surface area contributed by atoms with Gasteiger partial charge in [0, 0.05) is 26.1 Å². The Labute approximate surface area is 214 Å². The molecular formula is C24H26F4N8O2. The summed E-state index contributed by atoms with van der Waals surface area (Å²) >= 11 is 0. The van der Waals surface area contributed by atoms with Crippen LogP contribution in [-0.2, 0) is 11.3 Å². The van der Waals surface area contributed by atoms with E-state index in [0.29, 0.717) is 42.8 Å². The minimum absolute atomic E-state index is 0.0268. The SMILES string of the molecule is COc1nc(N[C@@H]2CCN(C3COC3)C[C@@H]2F)nn2cc(F)c(-c3ccc4nnn(CCC(F)F)c4c3)c12. The first kappa shape index (κ1) is 24.8. The molecular weight excluding hydrogens is 508 g/mol. The largest absolute Gasteiger partial charge is 0.479 e. The zero-order valence-electron chi connectivity index (χ0n) is 20.5. The van der Waals surface area contributed by atoms with Crippen LogP contribution in [0.3, 0.4) is 0 Å². The number of benzene rings is 1. The number of halogens is 4. The van der Waals surface area contributed by atoms with Crippen molar-refractivity contribution >= 4 is 22.5 Å². The van der Waals surface area contributed by atoms with Crippen LogP contribution in [-0.4, -0.2) is 92.6 Å². The molecule has 2 fully saturated rings. The quantitative estimate of drug-likeness (QED) is 0.345. The Balaban J connectivity index is 1.30. The van der Waals surface area contributed by atoms with E-state index in [0.717, 1.165) is 6.54 Å². The number of rotatable bonds is 8. The van der Waals surface area contributed by atoms with Crippen LogP contribution in [0.1, 0.15) is 12.8 Å². The van der Waals surface area contributed by atoms with Crippen LogP contribution >= 0.6 is 0 Å². The van der Waals surface area contributed by atoms with Crippen molar-refractivity contribution in [1.29, 1.82) is 0 Å². The van der Waals surface area contributed by atoms with Gasteiger partial charge < -0.3 is 14.8 Å². The zero-order chi connectivity index (χ0) is 26.4. The molecule has 0 saturated carbocycles. The second-order valence-corrected chi connectivity index (χ2v) is 9.53. The van der Waals surface area contributed by atoms with Crippen LogP contribution in [0.5, 0.6) is 5.88 Å². The fourth-order valence-electron chi connectivity index (χ4n) is 5.03. The number of methoxy groups -OCH3 is 1. The number of anilines is 1. The maximum Gasteiger partial charge on any atom is 0.244 e. The minimum Gasteiger partial charge on any atom is -0.479 e. The second-order valence-electron chi connectivity index (χ2n) is 9.53. The Morgan fingerprint density at radius 1 is 1.26 bits per heavy atom. The molecule has 202 valence electrons. The van der Waals surface area contributed by atoms with E-state index < -0.39 is 24.5 Å². The molecule has 0 bridgehead atoms. The van der Waals surface area contributed by atoms with Crippen LogP contribution < -0.4 is 10.1 Å². The molecule has 2 aliphatic rings. The van der Waals surface area contributed by atoms with E-state index in [1.807, 2.05) is 0 Å². The Hall–Kier alpha value is -3.52. The number of hydrogen-bond donors (Lipinski definition) is 1. The lowest BCUT2D eigenvalue weighted by Crippen LogP contribution is -2.57. The zero-order valence-corrected chi connectivity index (χ0v) is 20.5. The number of likely N-dealkylation sites (tertiary alicyclic amines) is 1. The first-order valence-electron chi connectivity index (χ1n) is 12.4. The van der Waals surface area contributed by atoms with Crippen molar-refractivity contribution < 1.29 is 27.0 Å². The van der Waals surface area contributed by atoms with Gasteiger partial charge in [-0.1, -0.05) is 11.3 Å². The number of ether oxygens (including phenoxy) is 2. The number of piperidine rings is 1. The molecule has 0 amide bonds. The fraction of sp³-hybridized carbons (Fsp3) is 0.500. The predicted molar refractivity (Wildman–Crippen MR) is 130 cm³/mol. The lowest BCUT2D eigenvalue weighted by Gasteiger charge is -2.42. The molecule has 0 unspecified atom stereocenters. The fourth-order valence-corrected chi connectivity index (χ4v) is 5.03. The Morgan fingerprint density at radius 2 is 2.11 bits per heavy atom. The number of hydrogen-bond acceptors (Lipinski definition) is 8. The number of nitrogens with zero attached hydrogens (tertiary/aromatic N) is 7. The summed E-state index contributed by atoms with van der Waals surface area (Å²) in [5.41, 5.74) is 1.90. The van der Waals surface area contributed by atoms with Gasteiger partial charge >= 0.3 is 0 Å². The van der Waals surface area contributed by atoms with Crippen molar-refractivity contribution in [2.45, 2.75) is 44.1 Å². The van der Waals surface area contributed by atoms with Gasteiger partial charge in [0.25, 0.3) is 0 Å². The van der Waals surface area contributed by atoms with E-state index in [9.17, 15) is 13.2 Å². The molecule has 2 aliphatic heterocycles. The molecule has 4 aromatic rings. The van der Waals surface area contributed by atoms with Gasteiger partial charge in [0.15, 0.2) is 5.82 Å². The standard InChI is InChI=1S/C24H26F4N8O2/c1-37-23-22-21(13-2-3-18-19(8-13)35(33-31-18)7-5-20(27)28)16(26)10-36(22)32-24(30-23)29-17-4-6-34(9-15(17)25)14-11-38-12-14/h2-3,8,10,14-15,17,20H,4-7,9,11-12H2,1H3,(H,29,32)/t15-,17+/m0/s1. The minimum atomic E-state index is -2.48. The molecule has 3 aromatic heterocycles. The third-order valence-electron chi connectivity index (χ3n) is 7.13. The molecule has 1 N–H and O–H groups in total. The first-order chi connectivity index (χ1) is 18.4. The maximum absolute atomic E-state index is 15.3. The van der Waals surface area contributed by atoms with Gasteiger partial charge in [-0.3, -0.25) is 4.90 Å². The van der Waals surface area contributed by atoms with E-state index in [4.69, 9.17) is 9.47 Å². The van der Waals surface area contributed by atoms with E-state index >= 15 is 4.39 Å². The van der Waals surface area contributed by atoms with Gasteiger partial charge in [0.05, 0.1) is 49.7 Å². The molecule has 0 radical (unpaired) electrons. The number of alkyl halides is 3. The number of nitrogens with one attached hydrogen (secondary N) is 1. The van der Waals surface area contributed by atoms with E-state index in [1.165, 1.54) is 22.5 Å². The van der Waals surface area contributed by atoms with Crippen molar-refractivity contribution in [3.05, 3.63) is 30.2 Å². The summed E-state index contributed by atoms with van der Waals surface area (Å²) in [6.07, 6.45) is -2.24. The summed E-state index contributed by atoms with van der Waals surface area (Å²) in [6.45, 7) is 2.24. The van der Waals surface area contributed by atoms with Crippen LogP contribution in [0.2, 0.25) is 0 Å². The predicted octanol–water partition coefficient (Wildman–Crippen LogP) is 3.17.